The molecule has 0 heterocycles. The van der Waals surface area contributed by atoms with Gasteiger partial charge in [0.25, 0.3) is 5.91 Å². The van der Waals surface area contributed by atoms with E-state index >= 15 is 0 Å². The zero-order valence-corrected chi connectivity index (χ0v) is 25.6. The fraction of sp³-hybridized carbons (Fsp3) is 0.485. The summed E-state index contributed by atoms with van der Waals surface area (Å²) in [5, 5.41) is 5.86. The van der Waals surface area contributed by atoms with Gasteiger partial charge in [-0.05, 0) is 89.6 Å². The molecule has 3 amide bonds. The summed E-state index contributed by atoms with van der Waals surface area (Å²) < 4.78 is 5.46. The number of para-hydroxylation sites is 1. The van der Waals surface area contributed by atoms with E-state index in [2.05, 4.69) is 16.6 Å². The van der Waals surface area contributed by atoms with Crippen molar-refractivity contribution in [3.63, 3.8) is 0 Å². The molecule has 2 atom stereocenters. The summed E-state index contributed by atoms with van der Waals surface area (Å²) in [4.78, 5) is 43.1. The third-order valence-corrected chi connectivity index (χ3v) is 6.99. The molecule has 7 heteroatoms. The molecule has 2 aromatic carbocycles. The molecule has 2 unspecified atom stereocenters. The van der Waals surface area contributed by atoms with E-state index in [1.165, 1.54) is 0 Å². The van der Waals surface area contributed by atoms with Gasteiger partial charge in [0.15, 0.2) is 0 Å². The van der Waals surface area contributed by atoms with E-state index in [1.807, 2.05) is 66.7 Å². The molecule has 7 nitrogen and oxygen atoms in total. The fourth-order valence-electron chi connectivity index (χ4n) is 4.43. The van der Waals surface area contributed by atoms with Gasteiger partial charge < -0.3 is 20.3 Å². The van der Waals surface area contributed by atoms with Crippen LogP contribution in [-0.4, -0.2) is 40.0 Å². The van der Waals surface area contributed by atoms with Gasteiger partial charge in [-0.3, -0.25) is 9.59 Å². The number of amides is 3. The molecule has 0 radical (unpaired) electrons. The topological polar surface area (TPSA) is 87.7 Å². The highest BCUT2D eigenvalue weighted by molar-refractivity contribution is 6.00. The Morgan fingerprint density at radius 2 is 1.52 bits per heavy atom. The monoisotopic (exact) mass is 547 g/mol. The van der Waals surface area contributed by atoms with Crippen molar-refractivity contribution in [1.82, 2.24) is 10.2 Å². The minimum atomic E-state index is -1.00. The molecule has 2 rings (SSSR count). The predicted octanol–water partition coefficient (Wildman–Crippen LogP) is 6.53. The molecule has 2 aromatic rings. The molecule has 2 N–H and O–H groups in total. The molecule has 0 aliphatic rings. The van der Waals surface area contributed by atoms with Crippen LogP contribution in [0.2, 0.25) is 0 Å². The molecule has 0 aromatic heterocycles. The minimum Gasteiger partial charge on any atom is -0.444 e. The van der Waals surface area contributed by atoms with Crippen molar-refractivity contribution in [2.45, 2.75) is 98.9 Å². The van der Waals surface area contributed by atoms with E-state index < -0.39 is 29.3 Å². The average Bonchev–Trinajstić information content (AvgIpc) is 2.86. The number of anilines is 1. The van der Waals surface area contributed by atoms with Crippen LogP contribution in [0, 0.1) is 32.1 Å². The van der Waals surface area contributed by atoms with E-state index in [0.29, 0.717) is 23.2 Å². The Hall–Kier alpha value is -3.79. The standard InChI is InChI=1S/C33H45N3O4/c1-12-24-17-19-25(20-18-24)28(29(37)34-27-22(5)15-14-16-23(27)6)36(33(10,11)13-2)30(38)26(21(3)4)35-31(39)40-32(7,8)9/h1,14-21,26,28H,13H2,2-11H3,(H,34,37)(H,35,39). The Kier molecular flexibility index (Phi) is 10.6. The molecule has 40 heavy (non-hydrogen) atoms. The quantitative estimate of drug-likeness (QED) is 0.349. The number of benzene rings is 2. The third kappa shape index (κ3) is 8.11. The van der Waals surface area contributed by atoms with E-state index in [-0.39, 0.29) is 17.7 Å². The summed E-state index contributed by atoms with van der Waals surface area (Å²) in [5.41, 5.74) is 2.31. The van der Waals surface area contributed by atoms with Gasteiger partial charge >= 0.3 is 6.09 Å². The van der Waals surface area contributed by atoms with Gasteiger partial charge in [-0.15, -0.1) is 6.42 Å². The summed E-state index contributed by atoms with van der Waals surface area (Å²) in [6, 6.07) is 10.9. The second kappa shape index (κ2) is 13.0. The van der Waals surface area contributed by atoms with Crippen LogP contribution in [0.25, 0.3) is 0 Å². The Morgan fingerprint density at radius 3 is 1.98 bits per heavy atom. The lowest BCUT2D eigenvalue weighted by Crippen LogP contribution is -2.60. The number of aryl methyl sites for hydroxylation is 2. The number of carbonyl (C=O) groups excluding carboxylic acids is 3. The van der Waals surface area contributed by atoms with E-state index in [4.69, 9.17) is 11.2 Å². The summed E-state index contributed by atoms with van der Waals surface area (Å²) in [7, 11) is 0. The molecule has 0 aliphatic carbocycles. The summed E-state index contributed by atoms with van der Waals surface area (Å²) in [6.07, 6.45) is 5.46. The maximum absolute atomic E-state index is 14.5. The Bertz CT molecular complexity index is 1230. The van der Waals surface area contributed by atoms with E-state index in [0.717, 1.165) is 11.1 Å². The number of rotatable bonds is 9. The van der Waals surface area contributed by atoms with Crippen LogP contribution in [0.4, 0.5) is 10.5 Å². The third-order valence-electron chi connectivity index (χ3n) is 6.99. The molecular weight excluding hydrogens is 502 g/mol. The smallest absolute Gasteiger partial charge is 0.408 e. The first-order chi connectivity index (χ1) is 18.5. The number of nitrogens with zero attached hydrogens (tertiary/aromatic N) is 1. The predicted molar refractivity (Wildman–Crippen MR) is 161 cm³/mol. The zero-order valence-electron chi connectivity index (χ0n) is 25.6. The number of carbonyl (C=O) groups is 3. The van der Waals surface area contributed by atoms with Crippen molar-refractivity contribution in [3.8, 4) is 12.3 Å². The fourth-order valence-corrected chi connectivity index (χ4v) is 4.43. The second-order valence-electron chi connectivity index (χ2n) is 12.2. The van der Waals surface area contributed by atoms with Crippen LogP contribution < -0.4 is 10.6 Å². The SMILES string of the molecule is C#Cc1ccc(C(C(=O)Nc2c(C)cccc2C)N(C(=O)C(NC(=O)OC(C)(C)C)C(C)C)C(C)(C)CC)cc1. The van der Waals surface area contributed by atoms with Gasteiger partial charge in [-0.2, -0.15) is 0 Å². The molecule has 216 valence electrons. The Labute approximate surface area is 240 Å². The molecule has 0 aliphatic heterocycles. The maximum atomic E-state index is 14.5. The molecule has 0 saturated carbocycles. The average molecular weight is 548 g/mol. The molecular formula is C33H45N3O4. The van der Waals surface area contributed by atoms with Crippen LogP contribution in [0.1, 0.15) is 90.1 Å². The highest BCUT2D eigenvalue weighted by atomic mass is 16.6. The van der Waals surface area contributed by atoms with Crippen LogP contribution in [0.5, 0.6) is 0 Å². The molecule has 0 fully saturated rings. The second-order valence-corrected chi connectivity index (χ2v) is 12.2. The lowest BCUT2D eigenvalue weighted by atomic mass is 9.90. The van der Waals surface area contributed by atoms with Crippen molar-refractivity contribution in [3.05, 3.63) is 64.7 Å². The van der Waals surface area contributed by atoms with Gasteiger partial charge in [0.1, 0.15) is 17.7 Å². The zero-order chi connectivity index (χ0) is 30.4. The van der Waals surface area contributed by atoms with E-state index in [9.17, 15) is 14.4 Å². The number of nitrogens with one attached hydrogen (secondary N) is 2. The number of alkyl carbamates (subject to hydrolysis) is 1. The first-order valence-corrected chi connectivity index (χ1v) is 13.8. The van der Waals surface area contributed by atoms with Crippen molar-refractivity contribution < 1.29 is 19.1 Å². The minimum absolute atomic E-state index is 0.277. The highest BCUT2D eigenvalue weighted by Crippen LogP contribution is 2.34. The van der Waals surface area contributed by atoms with Crippen LogP contribution in [0.3, 0.4) is 0 Å². The molecule has 0 bridgehead atoms. The van der Waals surface area contributed by atoms with Gasteiger partial charge in [-0.25, -0.2) is 4.79 Å². The van der Waals surface area contributed by atoms with Gasteiger partial charge in [-0.1, -0.05) is 57.0 Å². The van der Waals surface area contributed by atoms with Gasteiger partial charge in [0, 0.05) is 16.8 Å². The largest absolute Gasteiger partial charge is 0.444 e. The first-order valence-electron chi connectivity index (χ1n) is 13.8. The first kappa shape index (κ1) is 32.4. The number of terminal acetylenes is 1. The summed E-state index contributed by atoms with van der Waals surface area (Å²) in [5.74, 6) is 1.58. The summed E-state index contributed by atoms with van der Waals surface area (Å²) >= 11 is 0. The van der Waals surface area contributed by atoms with Crippen LogP contribution in [0.15, 0.2) is 42.5 Å². The normalized spacial score (nSPS) is 13.2. The van der Waals surface area contributed by atoms with Crippen molar-refractivity contribution in [1.29, 1.82) is 0 Å². The van der Waals surface area contributed by atoms with Crippen LogP contribution in [-0.2, 0) is 14.3 Å². The molecule has 0 spiro atoms. The summed E-state index contributed by atoms with van der Waals surface area (Å²) in [6.45, 7) is 18.7. The number of ether oxygens (including phenoxy) is 1. The van der Waals surface area contributed by atoms with Crippen molar-refractivity contribution >= 4 is 23.6 Å². The lowest BCUT2D eigenvalue weighted by molar-refractivity contribution is -0.148. The van der Waals surface area contributed by atoms with Gasteiger partial charge in [0.2, 0.25) is 5.91 Å². The lowest BCUT2D eigenvalue weighted by Gasteiger charge is -2.45. The van der Waals surface area contributed by atoms with Gasteiger partial charge in [0.05, 0.1) is 0 Å². The van der Waals surface area contributed by atoms with E-state index in [1.54, 1.807) is 49.9 Å². The molecule has 0 saturated heterocycles. The number of hydrogen-bond donors (Lipinski definition) is 2. The number of hydrogen-bond acceptors (Lipinski definition) is 4. The van der Waals surface area contributed by atoms with Crippen LogP contribution >= 0.6 is 0 Å². The van der Waals surface area contributed by atoms with Crippen molar-refractivity contribution in [2.24, 2.45) is 5.92 Å². The Morgan fingerprint density at radius 1 is 0.975 bits per heavy atom. The Balaban J connectivity index is 2.69. The van der Waals surface area contributed by atoms with Crippen molar-refractivity contribution in [2.75, 3.05) is 5.32 Å². The highest BCUT2D eigenvalue weighted by Gasteiger charge is 2.44. The maximum Gasteiger partial charge on any atom is 0.408 e.